The van der Waals surface area contributed by atoms with Gasteiger partial charge in [-0.15, -0.1) is 0 Å². The van der Waals surface area contributed by atoms with Gasteiger partial charge < -0.3 is 4.57 Å². The second-order valence-electron chi connectivity index (χ2n) is 7.11. The molecule has 3 nitrogen and oxygen atoms in total. The lowest BCUT2D eigenvalue weighted by Gasteiger charge is -2.32. The van der Waals surface area contributed by atoms with Crippen LogP contribution in [-0.2, 0) is 0 Å². The third-order valence-electron chi connectivity index (χ3n) is 5.23. The van der Waals surface area contributed by atoms with Crippen molar-refractivity contribution >= 4 is 17.4 Å². The molecule has 27 heavy (non-hydrogen) atoms. The fourth-order valence-electron chi connectivity index (χ4n) is 3.74. The molecular weight excluding hydrogens is 377 g/mol. The Balaban J connectivity index is 1.71. The maximum absolute atomic E-state index is 12.8. The predicted octanol–water partition coefficient (Wildman–Crippen LogP) is 5.20. The highest BCUT2D eigenvalue weighted by molar-refractivity contribution is 6.30. The molecule has 1 saturated heterocycles. The van der Waals surface area contributed by atoms with Crippen molar-refractivity contribution < 1.29 is 18.0 Å². The van der Waals surface area contributed by atoms with E-state index in [1.54, 1.807) is 12.1 Å². The van der Waals surface area contributed by atoms with Crippen LogP contribution in [0.2, 0.25) is 5.02 Å². The van der Waals surface area contributed by atoms with E-state index in [1.165, 1.54) is 0 Å². The number of carbonyl (C=O) groups excluding carboxylic acids is 1. The molecule has 0 aliphatic carbocycles. The molecule has 0 bridgehead atoms. The lowest BCUT2D eigenvalue weighted by Crippen LogP contribution is -2.41. The fraction of sp³-hybridized carbons (Fsp3) is 0.450. The molecule has 1 aromatic carbocycles. The lowest BCUT2D eigenvalue weighted by atomic mass is 9.96. The molecule has 1 aliphatic heterocycles. The van der Waals surface area contributed by atoms with Gasteiger partial charge in [-0.05, 0) is 70.1 Å². The van der Waals surface area contributed by atoms with E-state index in [0.29, 0.717) is 23.7 Å². The summed E-state index contributed by atoms with van der Waals surface area (Å²) in [7, 11) is 0. The van der Waals surface area contributed by atoms with Crippen molar-refractivity contribution in [1.82, 2.24) is 9.47 Å². The Morgan fingerprint density at radius 3 is 2.30 bits per heavy atom. The monoisotopic (exact) mass is 398 g/mol. The minimum atomic E-state index is -4.14. The second kappa shape index (κ2) is 7.68. The predicted molar refractivity (Wildman–Crippen MR) is 99.8 cm³/mol. The number of likely N-dealkylation sites (tertiary alicyclic amines) is 1. The number of piperidine rings is 1. The Kier molecular flexibility index (Phi) is 5.68. The van der Waals surface area contributed by atoms with Crippen molar-refractivity contribution in [2.45, 2.75) is 32.9 Å². The minimum absolute atomic E-state index is 0.0561. The number of aryl methyl sites for hydroxylation is 1. The van der Waals surface area contributed by atoms with Crippen LogP contribution in [-0.4, -0.2) is 41.1 Å². The summed E-state index contributed by atoms with van der Waals surface area (Å²) < 4.78 is 40.3. The zero-order valence-electron chi connectivity index (χ0n) is 15.3. The zero-order valence-corrected chi connectivity index (χ0v) is 16.1. The Morgan fingerprint density at radius 1 is 1.15 bits per heavy atom. The number of ketones is 1. The van der Waals surface area contributed by atoms with Crippen LogP contribution in [0.15, 0.2) is 30.3 Å². The first-order valence-corrected chi connectivity index (χ1v) is 9.31. The van der Waals surface area contributed by atoms with Gasteiger partial charge in [0.25, 0.3) is 0 Å². The van der Waals surface area contributed by atoms with Gasteiger partial charge in [-0.25, -0.2) is 0 Å². The van der Waals surface area contributed by atoms with Gasteiger partial charge in [0, 0.05) is 27.7 Å². The standard InChI is InChI=1S/C20H22ClF3N2O/c1-13-11-18(14(2)26(13)17-5-3-16(21)4-6-17)19(27)12-25-9-7-15(8-10-25)20(22,23)24/h3-6,11,15H,7-10,12H2,1-2H3. The Hall–Kier alpha value is -1.79. The number of hydrogen-bond acceptors (Lipinski definition) is 2. The number of halogens is 4. The van der Waals surface area contributed by atoms with Crippen molar-refractivity contribution in [3.63, 3.8) is 0 Å². The van der Waals surface area contributed by atoms with Crippen LogP contribution in [0.5, 0.6) is 0 Å². The molecule has 0 unspecified atom stereocenters. The van der Waals surface area contributed by atoms with Crippen LogP contribution < -0.4 is 0 Å². The molecule has 0 radical (unpaired) electrons. The summed E-state index contributed by atoms with van der Waals surface area (Å²) >= 11 is 5.94. The number of nitrogens with zero attached hydrogens (tertiary/aromatic N) is 2. The molecule has 0 amide bonds. The molecule has 1 aliphatic rings. The maximum atomic E-state index is 12.8. The van der Waals surface area contributed by atoms with Crippen LogP contribution in [0.25, 0.3) is 5.69 Å². The van der Waals surface area contributed by atoms with E-state index in [9.17, 15) is 18.0 Å². The number of benzene rings is 1. The van der Waals surface area contributed by atoms with E-state index in [-0.39, 0.29) is 25.2 Å². The Labute approximate surface area is 161 Å². The Morgan fingerprint density at radius 2 is 1.74 bits per heavy atom. The van der Waals surface area contributed by atoms with Gasteiger partial charge in [0.1, 0.15) is 0 Å². The largest absolute Gasteiger partial charge is 0.391 e. The van der Waals surface area contributed by atoms with Gasteiger partial charge in [0.05, 0.1) is 12.5 Å². The number of Topliss-reactive ketones (excluding diaryl/α,β-unsaturated/α-hetero) is 1. The molecule has 1 fully saturated rings. The molecule has 0 spiro atoms. The molecule has 7 heteroatoms. The summed E-state index contributed by atoms with van der Waals surface area (Å²) in [5, 5.41) is 0.639. The quantitative estimate of drug-likeness (QED) is 0.661. The summed E-state index contributed by atoms with van der Waals surface area (Å²) in [6.45, 7) is 4.55. The van der Waals surface area contributed by atoms with Crippen molar-refractivity contribution in [2.24, 2.45) is 5.92 Å². The summed E-state index contributed by atoms with van der Waals surface area (Å²) in [6, 6.07) is 9.20. The number of aromatic nitrogens is 1. The van der Waals surface area contributed by atoms with Gasteiger partial charge >= 0.3 is 6.18 Å². The van der Waals surface area contributed by atoms with E-state index in [0.717, 1.165) is 17.1 Å². The third kappa shape index (κ3) is 4.38. The summed E-state index contributed by atoms with van der Waals surface area (Å²) in [4.78, 5) is 14.6. The van der Waals surface area contributed by atoms with Crippen molar-refractivity contribution in [3.05, 3.63) is 52.3 Å². The molecule has 2 aromatic rings. The molecule has 1 aromatic heterocycles. The molecule has 3 rings (SSSR count). The van der Waals surface area contributed by atoms with Gasteiger partial charge in [0.15, 0.2) is 5.78 Å². The van der Waals surface area contributed by atoms with Crippen LogP contribution in [0.4, 0.5) is 13.2 Å². The molecule has 0 N–H and O–H groups in total. The summed E-state index contributed by atoms with van der Waals surface area (Å²) in [6.07, 6.45) is -4.03. The second-order valence-corrected chi connectivity index (χ2v) is 7.55. The van der Waals surface area contributed by atoms with E-state index in [2.05, 4.69) is 0 Å². The van der Waals surface area contributed by atoms with Gasteiger partial charge in [-0.2, -0.15) is 13.2 Å². The third-order valence-corrected chi connectivity index (χ3v) is 5.49. The first-order chi connectivity index (χ1) is 12.7. The topological polar surface area (TPSA) is 25.2 Å². The highest BCUT2D eigenvalue weighted by atomic mass is 35.5. The van der Waals surface area contributed by atoms with Crippen molar-refractivity contribution in [1.29, 1.82) is 0 Å². The van der Waals surface area contributed by atoms with Crippen LogP contribution in [0.3, 0.4) is 0 Å². The Bertz CT molecular complexity index is 819. The number of hydrogen-bond donors (Lipinski definition) is 0. The number of rotatable bonds is 4. The van der Waals surface area contributed by atoms with Crippen molar-refractivity contribution in [3.8, 4) is 5.69 Å². The van der Waals surface area contributed by atoms with Crippen molar-refractivity contribution in [2.75, 3.05) is 19.6 Å². The normalized spacial score (nSPS) is 16.7. The zero-order chi connectivity index (χ0) is 19.8. The average Bonchev–Trinajstić information content (AvgIpc) is 2.90. The average molecular weight is 399 g/mol. The maximum Gasteiger partial charge on any atom is 0.391 e. The highest BCUT2D eigenvalue weighted by Gasteiger charge is 2.41. The first-order valence-electron chi connectivity index (χ1n) is 8.94. The van der Waals surface area contributed by atoms with E-state index >= 15 is 0 Å². The number of carbonyl (C=O) groups is 1. The smallest absolute Gasteiger partial charge is 0.318 e. The van der Waals surface area contributed by atoms with Gasteiger partial charge in [-0.3, -0.25) is 9.69 Å². The minimum Gasteiger partial charge on any atom is -0.318 e. The van der Waals surface area contributed by atoms with Crippen LogP contribution >= 0.6 is 11.6 Å². The van der Waals surface area contributed by atoms with E-state index in [1.807, 2.05) is 41.5 Å². The first kappa shape index (κ1) is 20.0. The van der Waals surface area contributed by atoms with Gasteiger partial charge in [-0.1, -0.05) is 11.6 Å². The number of alkyl halides is 3. The van der Waals surface area contributed by atoms with Crippen LogP contribution in [0.1, 0.15) is 34.6 Å². The van der Waals surface area contributed by atoms with Crippen LogP contribution in [0, 0.1) is 19.8 Å². The molecule has 2 heterocycles. The van der Waals surface area contributed by atoms with E-state index < -0.39 is 12.1 Å². The molecule has 0 atom stereocenters. The SMILES string of the molecule is Cc1cc(C(=O)CN2CCC(C(F)(F)F)CC2)c(C)n1-c1ccc(Cl)cc1. The fourth-order valence-corrected chi connectivity index (χ4v) is 3.87. The summed E-state index contributed by atoms with van der Waals surface area (Å²) in [5.41, 5.74) is 3.28. The summed E-state index contributed by atoms with van der Waals surface area (Å²) in [5.74, 6) is -1.31. The molecule has 146 valence electrons. The molecule has 0 saturated carbocycles. The van der Waals surface area contributed by atoms with Gasteiger partial charge in [0.2, 0.25) is 0 Å². The molecular formula is C20H22ClF3N2O. The lowest BCUT2D eigenvalue weighted by molar-refractivity contribution is -0.184. The van der Waals surface area contributed by atoms with E-state index in [4.69, 9.17) is 11.6 Å². The highest BCUT2D eigenvalue weighted by Crippen LogP contribution is 2.34.